The van der Waals surface area contributed by atoms with Crippen LogP contribution in [0.1, 0.15) is 39.3 Å². The van der Waals surface area contributed by atoms with Crippen LogP contribution >= 0.6 is 22.6 Å². The monoisotopic (exact) mass is 361 g/mol. The third-order valence-corrected chi connectivity index (χ3v) is 4.12. The van der Waals surface area contributed by atoms with Gasteiger partial charge in [-0.05, 0) is 67.6 Å². The van der Waals surface area contributed by atoms with E-state index >= 15 is 0 Å². The van der Waals surface area contributed by atoms with Gasteiger partial charge in [-0.15, -0.1) is 0 Å². The molecule has 0 amide bonds. The van der Waals surface area contributed by atoms with E-state index in [1.54, 1.807) is 13.8 Å². The number of carboxylic acids is 1. The lowest BCUT2D eigenvalue weighted by Crippen LogP contribution is -2.50. The van der Waals surface area contributed by atoms with Crippen LogP contribution in [0, 0.1) is 3.57 Å². The quantitative estimate of drug-likeness (QED) is 0.816. The van der Waals surface area contributed by atoms with E-state index in [4.69, 9.17) is 0 Å². The highest BCUT2D eigenvalue weighted by Gasteiger charge is 2.36. The topological polar surface area (TPSA) is 40.5 Å². The molecule has 0 bridgehead atoms. The zero-order chi connectivity index (χ0) is 13.9. The van der Waals surface area contributed by atoms with Gasteiger partial charge in [0, 0.05) is 9.61 Å². The van der Waals surface area contributed by atoms with E-state index in [1.807, 2.05) is 24.0 Å². The van der Waals surface area contributed by atoms with Gasteiger partial charge in [0.15, 0.2) is 0 Å². The van der Waals surface area contributed by atoms with E-state index in [1.165, 1.54) is 3.57 Å². The van der Waals surface area contributed by atoms with Gasteiger partial charge in [-0.1, -0.05) is 19.1 Å². The van der Waals surface area contributed by atoms with Crippen molar-refractivity contribution in [2.45, 2.75) is 39.3 Å². The Morgan fingerprint density at radius 3 is 2.28 bits per heavy atom. The Morgan fingerprint density at radius 2 is 1.89 bits per heavy atom. The molecule has 4 heteroatoms. The summed E-state index contributed by atoms with van der Waals surface area (Å²) in [6, 6.07) is 8.31. The van der Waals surface area contributed by atoms with Crippen molar-refractivity contribution in [2.75, 3.05) is 6.54 Å². The first kappa shape index (κ1) is 15.4. The summed E-state index contributed by atoms with van der Waals surface area (Å²) in [6.45, 7) is 8.25. The Kier molecular flexibility index (Phi) is 5.16. The third-order valence-electron chi connectivity index (χ3n) is 3.40. The number of hydrogen-bond donors (Lipinski definition) is 1. The molecule has 1 atom stereocenters. The Bertz CT molecular complexity index is 414. The Balaban J connectivity index is 3.02. The lowest BCUT2D eigenvalue weighted by Gasteiger charge is -2.39. The number of carbonyl (C=O) groups is 1. The smallest absolute Gasteiger partial charge is 0.323 e. The van der Waals surface area contributed by atoms with Crippen LogP contribution in [0.15, 0.2) is 24.3 Å². The molecule has 0 aliphatic rings. The lowest BCUT2D eigenvalue weighted by atomic mass is 9.97. The van der Waals surface area contributed by atoms with Gasteiger partial charge in [0.1, 0.15) is 5.54 Å². The number of halogens is 1. The normalized spacial score (nSPS) is 13.7. The van der Waals surface area contributed by atoms with Crippen molar-refractivity contribution in [1.82, 2.24) is 4.90 Å². The molecule has 0 saturated carbocycles. The fourth-order valence-corrected chi connectivity index (χ4v) is 2.56. The number of nitrogens with zero attached hydrogens (tertiary/aromatic N) is 1. The van der Waals surface area contributed by atoms with Crippen molar-refractivity contribution in [1.29, 1.82) is 0 Å². The van der Waals surface area contributed by atoms with Crippen molar-refractivity contribution < 1.29 is 9.90 Å². The first-order valence-corrected chi connectivity index (χ1v) is 7.14. The summed E-state index contributed by atoms with van der Waals surface area (Å²) in [6.07, 6.45) is 0. The summed E-state index contributed by atoms with van der Waals surface area (Å²) >= 11 is 2.27. The van der Waals surface area contributed by atoms with Crippen LogP contribution in [0.4, 0.5) is 0 Å². The standard InChI is InChI=1S/C14H20INO2/c1-5-16(14(3,4)13(17)18)10(2)11-6-8-12(15)9-7-11/h6-10H,5H2,1-4H3,(H,17,18). The molecule has 0 aliphatic heterocycles. The average molecular weight is 361 g/mol. The van der Waals surface area contributed by atoms with Crippen molar-refractivity contribution in [3.63, 3.8) is 0 Å². The molecule has 0 fully saturated rings. The Labute approximate surface area is 122 Å². The number of hydrogen-bond acceptors (Lipinski definition) is 2. The van der Waals surface area contributed by atoms with E-state index in [0.29, 0.717) is 6.54 Å². The van der Waals surface area contributed by atoms with E-state index in [2.05, 4.69) is 41.6 Å². The number of rotatable bonds is 5. The molecule has 1 aromatic carbocycles. The minimum atomic E-state index is -0.864. The average Bonchev–Trinajstić information content (AvgIpc) is 2.30. The van der Waals surface area contributed by atoms with Gasteiger partial charge >= 0.3 is 5.97 Å². The van der Waals surface area contributed by atoms with Crippen molar-refractivity contribution in [3.05, 3.63) is 33.4 Å². The number of benzene rings is 1. The maximum atomic E-state index is 11.4. The minimum Gasteiger partial charge on any atom is -0.480 e. The molecule has 0 aliphatic carbocycles. The highest BCUT2D eigenvalue weighted by atomic mass is 127. The van der Waals surface area contributed by atoms with Crippen LogP contribution in [0.25, 0.3) is 0 Å². The lowest BCUT2D eigenvalue weighted by molar-refractivity contribution is -0.150. The molecule has 18 heavy (non-hydrogen) atoms. The zero-order valence-electron chi connectivity index (χ0n) is 11.3. The largest absolute Gasteiger partial charge is 0.480 e. The molecule has 0 heterocycles. The van der Waals surface area contributed by atoms with E-state index < -0.39 is 11.5 Å². The summed E-state index contributed by atoms with van der Waals surface area (Å²) in [5.74, 6) is -0.790. The van der Waals surface area contributed by atoms with Gasteiger partial charge in [0.2, 0.25) is 0 Å². The van der Waals surface area contributed by atoms with Crippen molar-refractivity contribution >= 4 is 28.6 Å². The van der Waals surface area contributed by atoms with Crippen LogP contribution in [0.2, 0.25) is 0 Å². The van der Waals surface area contributed by atoms with Crippen LogP contribution in [-0.2, 0) is 4.79 Å². The molecule has 0 radical (unpaired) electrons. The fourth-order valence-electron chi connectivity index (χ4n) is 2.20. The Morgan fingerprint density at radius 1 is 1.39 bits per heavy atom. The van der Waals surface area contributed by atoms with Gasteiger partial charge < -0.3 is 5.11 Å². The molecule has 1 aromatic rings. The fraction of sp³-hybridized carbons (Fsp3) is 0.500. The molecule has 1 N–H and O–H groups in total. The zero-order valence-corrected chi connectivity index (χ0v) is 13.4. The van der Waals surface area contributed by atoms with E-state index in [9.17, 15) is 9.90 Å². The molecule has 0 spiro atoms. The molecule has 100 valence electrons. The van der Waals surface area contributed by atoms with Crippen LogP contribution in [-0.4, -0.2) is 28.1 Å². The summed E-state index contributed by atoms with van der Waals surface area (Å²) < 4.78 is 1.18. The number of likely N-dealkylation sites (N-methyl/N-ethyl adjacent to an activating group) is 1. The second-order valence-corrected chi connectivity index (χ2v) is 6.12. The number of carboxylic acid groups (broad SMARTS) is 1. The van der Waals surface area contributed by atoms with Crippen LogP contribution in [0.5, 0.6) is 0 Å². The van der Waals surface area contributed by atoms with Gasteiger partial charge in [0.25, 0.3) is 0 Å². The van der Waals surface area contributed by atoms with Crippen LogP contribution < -0.4 is 0 Å². The summed E-state index contributed by atoms with van der Waals surface area (Å²) in [5.41, 5.74) is 0.281. The molecular formula is C14H20INO2. The van der Waals surface area contributed by atoms with Gasteiger partial charge in [-0.25, -0.2) is 0 Å². The van der Waals surface area contributed by atoms with E-state index in [0.717, 1.165) is 5.56 Å². The third kappa shape index (κ3) is 3.23. The minimum absolute atomic E-state index is 0.0816. The molecule has 3 nitrogen and oxygen atoms in total. The Hall–Kier alpha value is -0.620. The number of aliphatic carboxylic acids is 1. The predicted octanol–water partition coefficient (Wildman–Crippen LogP) is 3.54. The van der Waals surface area contributed by atoms with Gasteiger partial charge in [-0.2, -0.15) is 0 Å². The second-order valence-electron chi connectivity index (χ2n) is 4.88. The summed E-state index contributed by atoms with van der Waals surface area (Å²) in [7, 11) is 0. The van der Waals surface area contributed by atoms with Gasteiger partial charge in [-0.3, -0.25) is 9.69 Å². The summed E-state index contributed by atoms with van der Waals surface area (Å²) in [4.78, 5) is 13.4. The SMILES string of the molecule is CCN(C(C)c1ccc(I)cc1)C(C)(C)C(=O)O. The van der Waals surface area contributed by atoms with Gasteiger partial charge in [0.05, 0.1) is 0 Å². The molecule has 1 rings (SSSR count). The first-order valence-electron chi connectivity index (χ1n) is 6.06. The maximum Gasteiger partial charge on any atom is 0.323 e. The molecular weight excluding hydrogens is 341 g/mol. The summed E-state index contributed by atoms with van der Waals surface area (Å²) in [5, 5.41) is 9.34. The second kappa shape index (κ2) is 6.02. The highest BCUT2D eigenvalue weighted by molar-refractivity contribution is 14.1. The van der Waals surface area contributed by atoms with E-state index in [-0.39, 0.29) is 6.04 Å². The molecule has 1 unspecified atom stereocenters. The van der Waals surface area contributed by atoms with Crippen molar-refractivity contribution in [2.24, 2.45) is 0 Å². The molecule has 0 aromatic heterocycles. The van der Waals surface area contributed by atoms with Crippen LogP contribution in [0.3, 0.4) is 0 Å². The van der Waals surface area contributed by atoms with Crippen molar-refractivity contribution in [3.8, 4) is 0 Å². The predicted molar refractivity (Wildman–Crippen MR) is 81.7 cm³/mol. The first-order chi connectivity index (χ1) is 8.30. The highest BCUT2D eigenvalue weighted by Crippen LogP contribution is 2.28. The maximum absolute atomic E-state index is 11.4. The molecule has 0 saturated heterocycles.